The van der Waals surface area contributed by atoms with Gasteiger partial charge in [0.05, 0.1) is 14.2 Å². The van der Waals surface area contributed by atoms with Gasteiger partial charge in [-0.05, 0) is 104 Å². The molecule has 2 N–H and O–H groups in total. The summed E-state index contributed by atoms with van der Waals surface area (Å²) < 4.78 is 10.5. The molecule has 0 aromatic heterocycles. The molecule has 6 atom stereocenters. The fraction of sp³-hybridized carbons (Fsp3) is 0.677. The number of benzene rings is 1. The molecule has 37 heavy (non-hydrogen) atoms. The molecule has 1 aromatic carbocycles. The number of hydrogen-bond donors (Lipinski definition) is 2. The first kappa shape index (κ1) is 26.1. The molecule has 4 aliphatic rings. The molecule has 0 radical (unpaired) electrons. The van der Waals surface area contributed by atoms with Crippen LogP contribution in [0, 0.1) is 29.1 Å². The van der Waals surface area contributed by atoms with E-state index in [0.29, 0.717) is 22.8 Å². The number of carbonyl (C=O) groups is 2. The van der Waals surface area contributed by atoms with Crippen LogP contribution < -0.4 is 10.1 Å². The number of aromatic hydroxyl groups is 1. The molecule has 6 nitrogen and oxygen atoms in total. The Hall–Kier alpha value is -2.50. The van der Waals surface area contributed by atoms with Crippen LogP contribution in [-0.4, -0.2) is 36.7 Å². The Kier molecular flexibility index (Phi) is 5.65. The topological polar surface area (TPSA) is 84.9 Å². The maximum absolute atomic E-state index is 13.7. The van der Waals surface area contributed by atoms with Gasteiger partial charge in [-0.15, -0.1) is 0 Å². The Morgan fingerprint density at radius 2 is 1.70 bits per heavy atom. The smallest absolute Gasteiger partial charge is 0.407 e. The van der Waals surface area contributed by atoms with Gasteiger partial charge in [0.2, 0.25) is 0 Å². The van der Waals surface area contributed by atoms with Crippen molar-refractivity contribution in [2.24, 2.45) is 22.2 Å². The number of fused-ring (bicyclic) bond motifs is 7. The van der Waals surface area contributed by atoms with Crippen LogP contribution in [-0.2, 0) is 10.2 Å². The van der Waals surface area contributed by atoms with Crippen LogP contribution in [0.4, 0.5) is 4.79 Å². The molecule has 1 amide bonds. The fourth-order valence-corrected chi connectivity index (χ4v) is 9.08. The Morgan fingerprint density at radius 3 is 2.35 bits per heavy atom. The average molecular weight is 510 g/mol. The quantitative estimate of drug-likeness (QED) is 0.468. The number of carbonyl (C=O) groups excluding carboxylic acids is 2. The molecule has 1 aromatic rings. The Labute approximate surface area is 221 Å². The van der Waals surface area contributed by atoms with Crippen molar-refractivity contribution in [2.45, 2.75) is 97.4 Å². The van der Waals surface area contributed by atoms with Gasteiger partial charge in [-0.2, -0.15) is 0 Å². The molecule has 0 unspecified atom stereocenters. The van der Waals surface area contributed by atoms with Gasteiger partial charge in [-0.1, -0.05) is 27.7 Å². The van der Waals surface area contributed by atoms with Gasteiger partial charge < -0.3 is 19.9 Å². The van der Waals surface area contributed by atoms with Gasteiger partial charge in [0, 0.05) is 22.1 Å². The lowest BCUT2D eigenvalue weighted by Gasteiger charge is -2.70. The average Bonchev–Trinajstić information content (AvgIpc) is 2.85. The van der Waals surface area contributed by atoms with Gasteiger partial charge in [-0.3, -0.25) is 4.79 Å². The number of nitrogens with one attached hydrogen (secondary N) is 1. The number of phenols is 1. The molecular formula is C31H43NO5. The van der Waals surface area contributed by atoms with Crippen molar-refractivity contribution in [3.63, 3.8) is 0 Å². The van der Waals surface area contributed by atoms with Crippen LogP contribution in [0.2, 0.25) is 0 Å². The molecule has 0 aliphatic heterocycles. The van der Waals surface area contributed by atoms with Crippen molar-refractivity contribution < 1.29 is 24.2 Å². The van der Waals surface area contributed by atoms with Gasteiger partial charge >= 0.3 is 6.09 Å². The second-order valence-corrected chi connectivity index (χ2v) is 13.6. The number of amides is 1. The number of rotatable bonds is 2. The number of phenolic OH excluding ortho intramolecular Hbond substituents is 1. The van der Waals surface area contributed by atoms with Crippen molar-refractivity contribution in [2.75, 3.05) is 14.2 Å². The first-order valence-electron chi connectivity index (χ1n) is 13.7. The summed E-state index contributed by atoms with van der Waals surface area (Å²) in [6.07, 6.45) is 8.55. The molecule has 6 heteroatoms. The first-order chi connectivity index (χ1) is 17.2. The van der Waals surface area contributed by atoms with E-state index in [-0.39, 0.29) is 44.8 Å². The fourth-order valence-electron chi connectivity index (χ4n) is 9.08. The summed E-state index contributed by atoms with van der Waals surface area (Å²) in [6.45, 7) is 13.5. The van der Waals surface area contributed by atoms with Gasteiger partial charge in [0.1, 0.15) is 0 Å². The zero-order chi connectivity index (χ0) is 27.2. The predicted octanol–water partition coefficient (Wildman–Crippen LogP) is 6.61. The summed E-state index contributed by atoms with van der Waals surface area (Å²) in [5.41, 5.74) is 2.82. The normalized spacial score (nSPS) is 40.4. The van der Waals surface area contributed by atoms with Crippen molar-refractivity contribution >= 4 is 11.9 Å². The molecule has 202 valence electrons. The minimum absolute atomic E-state index is 0.0161. The van der Waals surface area contributed by atoms with Crippen LogP contribution in [0.25, 0.3) is 0 Å². The summed E-state index contributed by atoms with van der Waals surface area (Å²) in [4.78, 5) is 25.9. The van der Waals surface area contributed by atoms with E-state index in [1.807, 2.05) is 19.1 Å². The van der Waals surface area contributed by atoms with E-state index in [1.165, 1.54) is 12.7 Å². The summed E-state index contributed by atoms with van der Waals surface area (Å²) in [6, 6.07) is 1.90. The largest absolute Gasteiger partial charge is 0.504 e. The summed E-state index contributed by atoms with van der Waals surface area (Å²) in [5.74, 6) is 0.860. The summed E-state index contributed by atoms with van der Waals surface area (Å²) >= 11 is 0. The minimum atomic E-state index is -0.365. The summed E-state index contributed by atoms with van der Waals surface area (Å²) in [5, 5.41) is 13.8. The number of ketones is 1. The van der Waals surface area contributed by atoms with Crippen molar-refractivity contribution in [3.05, 3.63) is 34.4 Å². The lowest BCUT2D eigenvalue weighted by molar-refractivity contribution is -0.150. The monoisotopic (exact) mass is 509 g/mol. The third kappa shape index (κ3) is 3.36. The molecule has 3 saturated carbocycles. The second kappa shape index (κ2) is 8.00. The molecule has 5 rings (SSSR count). The van der Waals surface area contributed by atoms with E-state index in [1.54, 1.807) is 7.11 Å². The van der Waals surface area contributed by atoms with E-state index < -0.39 is 0 Å². The lowest BCUT2D eigenvalue weighted by Crippen LogP contribution is -2.64. The van der Waals surface area contributed by atoms with Crippen molar-refractivity contribution in [3.8, 4) is 11.5 Å². The van der Waals surface area contributed by atoms with Crippen LogP contribution in [0.1, 0.15) is 101 Å². The molecule has 4 aliphatic carbocycles. The Bertz CT molecular complexity index is 1220. The lowest BCUT2D eigenvalue weighted by atomic mass is 9.35. The second-order valence-electron chi connectivity index (χ2n) is 13.6. The maximum atomic E-state index is 13.7. The maximum Gasteiger partial charge on any atom is 0.407 e. The van der Waals surface area contributed by atoms with Crippen LogP contribution in [0.15, 0.2) is 17.7 Å². The SMILES string of the molecule is COC(=O)N[C@]1(C)CC[C@]2(C)CC[C@]3(C)C4=CC(=O)c5c(cc(OC)c(O)c5C)[C@]4(C)CC[C@@]3(C)[C@@H]2C1. The van der Waals surface area contributed by atoms with E-state index in [2.05, 4.69) is 39.9 Å². The van der Waals surface area contributed by atoms with Gasteiger partial charge in [0.15, 0.2) is 17.3 Å². The zero-order valence-corrected chi connectivity index (χ0v) is 23.8. The van der Waals surface area contributed by atoms with Crippen molar-refractivity contribution in [1.82, 2.24) is 5.32 Å². The predicted molar refractivity (Wildman–Crippen MR) is 143 cm³/mol. The van der Waals surface area contributed by atoms with Crippen LogP contribution >= 0.6 is 0 Å². The van der Waals surface area contributed by atoms with E-state index in [0.717, 1.165) is 50.5 Å². The van der Waals surface area contributed by atoms with E-state index in [9.17, 15) is 14.7 Å². The number of allylic oxidation sites excluding steroid dienone is 2. The summed E-state index contributed by atoms with van der Waals surface area (Å²) in [7, 11) is 2.99. The van der Waals surface area contributed by atoms with E-state index in [4.69, 9.17) is 9.47 Å². The third-order valence-electron chi connectivity index (χ3n) is 11.7. The molecular weight excluding hydrogens is 466 g/mol. The highest BCUT2D eigenvalue weighted by atomic mass is 16.5. The Balaban J connectivity index is 1.62. The van der Waals surface area contributed by atoms with E-state index >= 15 is 0 Å². The molecule has 0 saturated heterocycles. The molecule has 0 bridgehead atoms. The number of hydrogen-bond acceptors (Lipinski definition) is 5. The highest BCUT2D eigenvalue weighted by Crippen LogP contribution is 2.74. The highest BCUT2D eigenvalue weighted by Gasteiger charge is 2.67. The first-order valence-corrected chi connectivity index (χ1v) is 13.7. The zero-order valence-electron chi connectivity index (χ0n) is 23.8. The van der Waals surface area contributed by atoms with Crippen molar-refractivity contribution in [1.29, 1.82) is 0 Å². The molecule has 0 heterocycles. The number of methoxy groups -OCH3 is 2. The van der Waals surface area contributed by atoms with Gasteiger partial charge in [0.25, 0.3) is 0 Å². The molecule has 0 spiro atoms. The van der Waals surface area contributed by atoms with Gasteiger partial charge in [-0.25, -0.2) is 4.79 Å². The number of alkyl carbamates (subject to hydrolysis) is 1. The van der Waals surface area contributed by atoms with Crippen LogP contribution in [0.3, 0.4) is 0 Å². The van der Waals surface area contributed by atoms with Crippen LogP contribution in [0.5, 0.6) is 11.5 Å². The third-order valence-corrected chi connectivity index (χ3v) is 11.7. The Morgan fingerprint density at radius 1 is 1.03 bits per heavy atom. The number of ether oxygens (including phenoxy) is 2. The highest BCUT2D eigenvalue weighted by molar-refractivity contribution is 6.10. The molecule has 3 fully saturated rings. The standard InChI is InChI=1S/C31H43NO5/c1-18-24-19(15-21(36-7)25(18)34)29(4)12-14-31(6)23-17-28(3,32-26(35)37-8)11-9-27(23,2)10-13-30(31,5)22(29)16-20(24)33/h15-16,23,34H,9-14,17H2,1-8H3,(H,32,35)/t23-,27-,28-,29+,30-,31+/m1/s1. The minimum Gasteiger partial charge on any atom is -0.504 e.